The van der Waals surface area contributed by atoms with Crippen LogP contribution in [-0.2, 0) is 11.0 Å². The Labute approximate surface area is 157 Å². The monoisotopic (exact) mass is 429 g/mol. The third-order valence-electron chi connectivity index (χ3n) is 3.65. The number of rotatable bonds is 5. The van der Waals surface area contributed by atoms with E-state index in [2.05, 4.69) is 15.9 Å². The average molecular weight is 430 g/mol. The van der Waals surface area contributed by atoms with Crippen LogP contribution in [-0.4, -0.2) is 12.5 Å². The molecule has 0 spiro atoms. The van der Waals surface area contributed by atoms with Gasteiger partial charge in [0.25, 0.3) is 0 Å². The van der Waals surface area contributed by atoms with Crippen molar-refractivity contribution in [3.05, 3.63) is 77.6 Å². The van der Waals surface area contributed by atoms with Gasteiger partial charge in [-0.1, -0.05) is 46.3 Å². The van der Waals surface area contributed by atoms with Gasteiger partial charge in [0.15, 0.2) is 0 Å². The molecule has 0 aliphatic heterocycles. The lowest BCUT2D eigenvalue weighted by atomic mass is 10.1. The number of alkyl halides is 4. The molecule has 2 aromatic carbocycles. The van der Waals surface area contributed by atoms with E-state index in [0.29, 0.717) is 5.56 Å². The lowest BCUT2D eigenvalue weighted by Gasteiger charge is -2.25. The molecule has 2 rings (SSSR count). The van der Waals surface area contributed by atoms with E-state index in [1.807, 2.05) is 0 Å². The lowest BCUT2D eigenvalue weighted by molar-refractivity contribution is -0.137. The summed E-state index contributed by atoms with van der Waals surface area (Å²) in [6.07, 6.45) is -1.13. The molecular formula is C19H16BrF4NO. The molecule has 0 bridgehead atoms. The molecule has 2 nitrogen and oxygen atoms in total. The van der Waals surface area contributed by atoms with E-state index in [1.165, 1.54) is 41.3 Å². The Morgan fingerprint density at radius 1 is 1.19 bits per heavy atom. The molecule has 1 unspecified atom stereocenters. The largest absolute Gasteiger partial charge is 0.416 e. The van der Waals surface area contributed by atoms with Gasteiger partial charge in [-0.05, 0) is 42.8 Å². The van der Waals surface area contributed by atoms with E-state index >= 15 is 0 Å². The highest BCUT2D eigenvalue weighted by atomic mass is 79.9. The second-order valence-corrected chi connectivity index (χ2v) is 6.40. The summed E-state index contributed by atoms with van der Waals surface area (Å²) >= 11 is 3.26. The van der Waals surface area contributed by atoms with Crippen LogP contribution in [0.1, 0.15) is 22.9 Å². The molecule has 0 aliphatic carbocycles. The van der Waals surface area contributed by atoms with Gasteiger partial charge in [-0.2, -0.15) is 13.2 Å². The van der Waals surface area contributed by atoms with Gasteiger partial charge in [-0.15, -0.1) is 0 Å². The first kappa shape index (κ1) is 20.2. The molecule has 1 amide bonds. The number of carbonyl (C=O) groups is 1. The van der Waals surface area contributed by atoms with Crippen LogP contribution in [0.4, 0.5) is 23.2 Å². The summed E-state index contributed by atoms with van der Waals surface area (Å²) < 4.78 is 52.0. The molecule has 0 fully saturated rings. The van der Waals surface area contributed by atoms with Crippen molar-refractivity contribution in [3.63, 3.8) is 0 Å². The molecule has 0 aliphatic rings. The number of benzene rings is 2. The quantitative estimate of drug-likeness (QED) is 0.329. The Balaban J connectivity index is 2.37. The fourth-order valence-electron chi connectivity index (χ4n) is 2.29. The Hall–Kier alpha value is -2.15. The summed E-state index contributed by atoms with van der Waals surface area (Å²) in [7, 11) is 0. The first-order chi connectivity index (χ1) is 12.2. The van der Waals surface area contributed by atoms with Crippen LogP contribution in [0.3, 0.4) is 0 Å². The molecule has 0 saturated heterocycles. The Morgan fingerprint density at radius 3 is 2.42 bits per heavy atom. The van der Waals surface area contributed by atoms with Crippen LogP contribution in [0.15, 0.2) is 60.7 Å². The summed E-state index contributed by atoms with van der Waals surface area (Å²) in [6, 6.07) is 9.93. The molecule has 1 atom stereocenters. The van der Waals surface area contributed by atoms with Gasteiger partial charge in [-0.25, -0.2) is 4.39 Å². The lowest BCUT2D eigenvalue weighted by Crippen LogP contribution is -2.34. The van der Waals surface area contributed by atoms with Crippen LogP contribution < -0.4 is 4.90 Å². The summed E-state index contributed by atoms with van der Waals surface area (Å²) in [4.78, 5) is 13.3. The van der Waals surface area contributed by atoms with Gasteiger partial charge in [0.05, 0.1) is 5.56 Å². The summed E-state index contributed by atoms with van der Waals surface area (Å²) in [5.74, 6) is -0.890. The minimum Gasteiger partial charge on any atom is -0.307 e. The van der Waals surface area contributed by atoms with Crippen molar-refractivity contribution >= 4 is 27.5 Å². The Morgan fingerprint density at radius 2 is 1.85 bits per heavy atom. The first-order valence-corrected chi connectivity index (χ1v) is 8.65. The molecule has 2 aromatic rings. The van der Waals surface area contributed by atoms with E-state index in [4.69, 9.17) is 0 Å². The SMILES string of the molecule is CC=CCN(C(=O)C(Br)c1ccc(F)cc1)c1cccc(C(F)(F)F)c1. The number of hydrogen-bond donors (Lipinski definition) is 0. The third kappa shape index (κ3) is 4.94. The maximum absolute atomic E-state index is 13.1. The molecule has 0 N–H and O–H groups in total. The number of amides is 1. The van der Waals surface area contributed by atoms with Gasteiger partial charge >= 0.3 is 6.18 Å². The van der Waals surface area contributed by atoms with E-state index in [0.717, 1.165) is 12.1 Å². The standard InChI is InChI=1S/C19H16BrF4NO/c1-2-3-11-25(16-6-4-5-14(12-16)19(22,23)24)18(26)17(20)13-7-9-15(21)10-8-13/h2-10,12,17H,11H2,1H3. The number of halogens is 5. The molecular weight excluding hydrogens is 414 g/mol. The van der Waals surface area contributed by atoms with Crippen LogP contribution in [0.2, 0.25) is 0 Å². The van der Waals surface area contributed by atoms with Crippen molar-refractivity contribution < 1.29 is 22.4 Å². The second kappa shape index (κ2) is 8.49. The van der Waals surface area contributed by atoms with Crippen molar-refractivity contribution in [2.24, 2.45) is 0 Å². The van der Waals surface area contributed by atoms with E-state index in [9.17, 15) is 22.4 Å². The van der Waals surface area contributed by atoms with Gasteiger partial charge in [0.1, 0.15) is 10.6 Å². The minimum absolute atomic E-state index is 0.111. The Kier molecular flexibility index (Phi) is 6.58. The highest BCUT2D eigenvalue weighted by molar-refractivity contribution is 9.09. The van der Waals surface area contributed by atoms with Crippen LogP contribution in [0, 0.1) is 5.82 Å². The zero-order chi connectivity index (χ0) is 19.3. The fourth-order valence-corrected chi connectivity index (χ4v) is 2.85. The summed E-state index contributed by atoms with van der Waals surface area (Å²) in [6.45, 7) is 1.86. The zero-order valence-corrected chi connectivity index (χ0v) is 15.4. The number of carbonyl (C=O) groups excluding carboxylic acids is 1. The minimum atomic E-state index is -4.50. The predicted octanol–water partition coefficient (Wildman–Crippen LogP) is 5.89. The molecule has 0 heterocycles. The van der Waals surface area contributed by atoms with Crippen molar-refractivity contribution in [2.45, 2.75) is 17.9 Å². The number of nitrogens with zero attached hydrogens (tertiary/aromatic N) is 1. The topological polar surface area (TPSA) is 20.3 Å². The van der Waals surface area contributed by atoms with Crippen molar-refractivity contribution in [1.29, 1.82) is 0 Å². The molecule has 0 radical (unpaired) electrons. The summed E-state index contributed by atoms with van der Waals surface area (Å²) in [5, 5.41) is 0. The molecule has 0 saturated carbocycles. The van der Waals surface area contributed by atoms with Gasteiger partial charge < -0.3 is 4.90 Å². The van der Waals surface area contributed by atoms with Crippen LogP contribution in [0.25, 0.3) is 0 Å². The van der Waals surface area contributed by atoms with E-state index in [1.54, 1.807) is 19.1 Å². The van der Waals surface area contributed by atoms with Crippen LogP contribution in [0.5, 0.6) is 0 Å². The maximum Gasteiger partial charge on any atom is 0.416 e. The van der Waals surface area contributed by atoms with Crippen molar-refractivity contribution in [3.8, 4) is 0 Å². The molecule has 26 heavy (non-hydrogen) atoms. The van der Waals surface area contributed by atoms with E-state index in [-0.39, 0.29) is 12.2 Å². The van der Waals surface area contributed by atoms with Gasteiger partial charge in [-0.3, -0.25) is 4.79 Å². The Bertz CT molecular complexity index is 787. The number of allylic oxidation sites excluding steroid dienone is 1. The zero-order valence-electron chi connectivity index (χ0n) is 13.8. The normalized spacial score (nSPS) is 13.0. The average Bonchev–Trinajstić information content (AvgIpc) is 2.61. The van der Waals surface area contributed by atoms with Gasteiger partial charge in [0.2, 0.25) is 5.91 Å². The smallest absolute Gasteiger partial charge is 0.307 e. The summed E-state index contributed by atoms with van der Waals surface area (Å²) in [5.41, 5.74) is -0.190. The number of anilines is 1. The highest BCUT2D eigenvalue weighted by Crippen LogP contribution is 2.33. The molecule has 0 aromatic heterocycles. The number of hydrogen-bond acceptors (Lipinski definition) is 1. The molecule has 7 heteroatoms. The van der Waals surface area contributed by atoms with Gasteiger partial charge in [0, 0.05) is 12.2 Å². The van der Waals surface area contributed by atoms with Crippen LogP contribution >= 0.6 is 15.9 Å². The molecule has 138 valence electrons. The maximum atomic E-state index is 13.1. The highest BCUT2D eigenvalue weighted by Gasteiger charge is 2.32. The van der Waals surface area contributed by atoms with Crippen molar-refractivity contribution in [2.75, 3.05) is 11.4 Å². The second-order valence-electron chi connectivity index (χ2n) is 5.48. The first-order valence-electron chi connectivity index (χ1n) is 7.73. The van der Waals surface area contributed by atoms with E-state index < -0.39 is 28.3 Å². The fraction of sp³-hybridized carbons (Fsp3) is 0.211. The predicted molar refractivity (Wildman–Crippen MR) is 96.7 cm³/mol. The van der Waals surface area contributed by atoms with Crippen molar-refractivity contribution in [1.82, 2.24) is 0 Å². The third-order valence-corrected chi connectivity index (χ3v) is 4.57.